The highest BCUT2D eigenvalue weighted by atomic mass is 127. The molecule has 7 heteroatoms. The van der Waals surface area contributed by atoms with Gasteiger partial charge in [0, 0.05) is 39.2 Å². The molecule has 6 nitrogen and oxygen atoms in total. The average molecular weight is 557 g/mol. The van der Waals surface area contributed by atoms with E-state index in [0.717, 1.165) is 38.4 Å². The number of amides is 1. The van der Waals surface area contributed by atoms with E-state index < -0.39 is 0 Å². The minimum absolute atomic E-state index is 0. The number of ether oxygens (including phenoxy) is 1. The maximum Gasteiger partial charge on any atom is 0.243 e. The molecule has 180 valence electrons. The topological polar surface area (TPSA) is 66.0 Å². The monoisotopic (exact) mass is 556 g/mol. The molecule has 2 N–H and O–H groups in total. The molecule has 1 aromatic rings. The van der Waals surface area contributed by atoms with Crippen molar-refractivity contribution in [3.05, 3.63) is 35.4 Å². The van der Waals surface area contributed by atoms with Crippen LogP contribution in [0.4, 0.5) is 0 Å². The number of rotatable bonds is 6. The lowest BCUT2D eigenvalue weighted by atomic mass is 9.86. The van der Waals surface area contributed by atoms with Crippen molar-refractivity contribution in [1.29, 1.82) is 0 Å². The van der Waals surface area contributed by atoms with Gasteiger partial charge in [-0.3, -0.25) is 4.79 Å². The first-order valence-corrected chi connectivity index (χ1v) is 11.9. The summed E-state index contributed by atoms with van der Waals surface area (Å²) in [5.74, 6) is 1.75. The molecule has 0 spiro atoms. The molecule has 1 saturated heterocycles. The Balaban J connectivity index is 0.00000363. The molecule has 1 aliphatic carbocycles. The number of carbonyl (C=O) groups excluding carboxylic acids is 1. The second-order valence-electron chi connectivity index (χ2n) is 9.45. The molecular weight excluding hydrogens is 515 g/mol. The van der Waals surface area contributed by atoms with E-state index in [9.17, 15) is 4.79 Å². The molecule has 1 heterocycles. The van der Waals surface area contributed by atoms with Crippen molar-refractivity contribution in [3.8, 4) is 0 Å². The summed E-state index contributed by atoms with van der Waals surface area (Å²) >= 11 is 0. The zero-order chi connectivity index (χ0) is 22.2. The normalized spacial score (nSPS) is 26.1. The van der Waals surface area contributed by atoms with Gasteiger partial charge < -0.3 is 20.3 Å². The Labute approximate surface area is 211 Å². The number of nitrogens with one attached hydrogen (secondary N) is 2. The van der Waals surface area contributed by atoms with E-state index in [1.54, 1.807) is 19.0 Å². The highest BCUT2D eigenvalue weighted by Gasteiger charge is 2.28. The Morgan fingerprint density at radius 2 is 1.84 bits per heavy atom. The average Bonchev–Trinajstić information content (AvgIpc) is 2.77. The molecular formula is C25H41IN4O2. The smallest absolute Gasteiger partial charge is 0.243 e. The van der Waals surface area contributed by atoms with Crippen LogP contribution >= 0.6 is 24.0 Å². The molecule has 0 aromatic heterocycles. The number of benzene rings is 1. The van der Waals surface area contributed by atoms with E-state index in [4.69, 9.17) is 4.74 Å². The Morgan fingerprint density at radius 1 is 1.12 bits per heavy atom. The number of aryl methyl sites for hydroxylation is 1. The van der Waals surface area contributed by atoms with Crippen molar-refractivity contribution in [3.63, 3.8) is 0 Å². The van der Waals surface area contributed by atoms with E-state index in [0.29, 0.717) is 17.9 Å². The van der Waals surface area contributed by atoms with Gasteiger partial charge in [0.2, 0.25) is 5.91 Å². The number of nitrogens with zero attached hydrogens (tertiary/aromatic N) is 2. The van der Waals surface area contributed by atoms with Gasteiger partial charge in [-0.1, -0.05) is 49.6 Å². The molecule has 0 radical (unpaired) electrons. The summed E-state index contributed by atoms with van der Waals surface area (Å²) in [7, 11) is 3.54. The lowest BCUT2D eigenvalue weighted by Crippen LogP contribution is -2.49. The minimum Gasteiger partial charge on any atom is -0.373 e. The third kappa shape index (κ3) is 7.90. The predicted octanol–water partition coefficient (Wildman–Crippen LogP) is 4.28. The van der Waals surface area contributed by atoms with Crippen molar-refractivity contribution in [2.45, 2.75) is 64.5 Å². The number of likely N-dealkylation sites (N-methyl/N-ethyl adjacent to an activating group) is 1. The molecule has 0 bridgehead atoms. The highest BCUT2D eigenvalue weighted by molar-refractivity contribution is 14.0. The van der Waals surface area contributed by atoms with Gasteiger partial charge in [-0.25, -0.2) is 4.99 Å². The van der Waals surface area contributed by atoms with Crippen molar-refractivity contribution in [2.24, 2.45) is 16.8 Å². The summed E-state index contributed by atoms with van der Waals surface area (Å²) in [6, 6.07) is 9.09. The first-order valence-electron chi connectivity index (χ1n) is 11.9. The fraction of sp³-hybridized carbons (Fsp3) is 0.680. The lowest BCUT2D eigenvalue weighted by Gasteiger charge is -2.34. The molecule has 3 rings (SSSR count). The van der Waals surface area contributed by atoms with Crippen LogP contribution in [0.15, 0.2) is 29.3 Å². The van der Waals surface area contributed by atoms with Gasteiger partial charge in [0.25, 0.3) is 0 Å². The number of halogens is 1. The maximum absolute atomic E-state index is 12.1. The highest BCUT2D eigenvalue weighted by Crippen LogP contribution is 2.33. The van der Waals surface area contributed by atoms with Crippen LogP contribution in [0.1, 0.15) is 62.7 Å². The maximum atomic E-state index is 12.1. The van der Waals surface area contributed by atoms with Crippen molar-refractivity contribution < 1.29 is 9.53 Å². The standard InChI is InChI=1S/C25H40N4O2.HI/c1-18-11-13-20(14-12-18)24-21(9-7-15-31-24)16-26-25(27-17-23(30)29(3)4)28-22-10-6-5-8-19(22)2;/h11-14,19,21-22,24H,5-10,15-17H2,1-4H3,(H2,26,27,28);1H. The Morgan fingerprint density at radius 3 is 2.53 bits per heavy atom. The largest absolute Gasteiger partial charge is 0.373 e. The zero-order valence-corrected chi connectivity index (χ0v) is 22.4. The van der Waals surface area contributed by atoms with Crippen LogP contribution in [0.5, 0.6) is 0 Å². The van der Waals surface area contributed by atoms with Crippen LogP contribution < -0.4 is 10.6 Å². The van der Waals surface area contributed by atoms with E-state index in [2.05, 4.69) is 53.7 Å². The second-order valence-corrected chi connectivity index (χ2v) is 9.45. The van der Waals surface area contributed by atoms with Gasteiger partial charge in [0.15, 0.2) is 5.96 Å². The molecule has 4 atom stereocenters. The molecule has 1 saturated carbocycles. The van der Waals surface area contributed by atoms with Gasteiger partial charge in [0.05, 0.1) is 6.10 Å². The summed E-state index contributed by atoms with van der Waals surface area (Å²) in [6.45, 7) is 6.17. The molecule has 32 heavy (non-hydrogen) atoms. The fourth-order valence-corrected chi connectivity index (χ4v) is 4.55. The van der Waals surface area contributed by atoms with Crippen molar-refractivity contribution >= 4 is 35.8 Å². The van der Waals surface area contributed by atoms with Crippen LogP contribution in [0.25, 0.3) is 0 Å². The molecule has 2 aliphatic rings. The molecule has 1 aromatic carbocycles. The number of guanidine groups is 1. The van der Waals surface area contributed by atoms with Gasteiger partial charge in [0.1, 0.15) is 6.54 Å². The number of carbonyl (C=O) groups is 1. The third-order valence-electron chi connectivity index (χ3n) is 6.69. The number of hydrogen-bond acceptors (Lipinski definition) is 3. The van der Waals surface area contributed by atoms with Crippen LogP contribution in [-0.2, 0) is 9.53 Å². The Bertz CT molecular complexity index is 738. The lowest BCUT2D eigenvalue weighted by molar-refractivity contribution is -0.127. The van der Waals surface area contributed by atoms with E-state index in [1.165, 1.54) is 30.4 Å². The van der Waals surface area contributed by atoms with Gasteiger partial charge in [-0.2, -0.15) is 0 Å². The molecule has 4 unspecified atom stereocenters. The summed E-state index contributed by atoms with van der Waals surface area (Å²) in [5, 5.41) is 7.18. The number of hydrogen-bond donors (Lipinski definition) is 2. The first-order chi connectivity index (χ1) is 14.9. The van der Waals surface area contributed by atoms with E-state index in [1.807, 2.05) is 0 Å². The van der Waals surface area contributed by atoms with Gasteiger partial charge >= 0.3 is 0 Å². The summed E-state index contributed by atoms with van der Waals surface area (Å²) in [4.78, 5) is 18.3. The van der Waals surface area contributed by atoms with E-state index >= 15 is 0 Å². The van der Waals surface area contributed by atoms with Crippen LogP contribution in [0, 0.1) is 18.8 Å². The molecule has 1 amide bonds. The van der Waals surface area contributed by atoms with Crippen LogP contribution in [-0.4, -0.2) is 56.6 Å². The quantitative estimate of drug-likeness (QED) is 0.312. The SMILES string of the molecule is Cc1ccc(C2OCCCC2CNC(=NCC(=O)N(C)C)NC2CCCCC2C)cc1.I. The second kappa shape index (κ2) is 13.4. The van der Waals surface area contributed by atoms with Crippen LogP contribution in [0.3, 0.4) is 0 Å². The Hall–Kier alpha value is -1.35. The van der Waals surface area contributed by atoms with Crippen molar-refractivity contribution in [1.82, 2.24) is 15.5 Å². The third-order valence-corrected chi connectivity index (χ3v) is 6.69. The predicted molar refractivity (Wildman–Crippen MR) is 142 cm³/mol. The van der Waals surface area contributed by atoms with E-state index in [-0.39, 0.29) is 42.5 Å². The Kier molecular flexibility index (Phi) is 11.2. The van der Waals surface area contributed by atoms with Gasteiger partial charge in [-0.05, 0) is 44.1 Å². The fourth-order valence-electron chi connectivity index (χ4n) is 4.55. The van der Waals surface area contributed by atoms with Gasteiger partial charge in [-0.15, -0.1) is 24.0 Å². The first kappa shape index (κ1) is 26.9. The van der Waals surface area contributed by atoms with Crippen molar-refractivity contribution in [2.75, 3.05) is 33.8 Å². The number of aliphatic imine (C=N–C) groups is 1. The summed E-state index contributed by atoms with van der Waals surface area (Å²) < 4.78 is 6.18. The molecule has 1 aliphatic heterocycles. The summed E-state index contributed by atoms with van der Waals surface area (Å²) in [6.07, 6.45) is 7.24. The molecule has 2 fully saturated rings. The summed E-state index contributed by atoms with van der Waals surface area (Å²) in [5.41, 5.74) is 2.51. The minimum atomic E-state index is 0. The van der Waals surface area contributed by atoms with Crippen LogP contribution in [0.2, 0.25) is 0 Å². The zero-order valence-electron chi connectivity index (χ0n) is 20.1.